The average Bonchev–Trinajstić information content (AvgIpc) is 4.09. The summed E-state index contributed by atoms with van der Waals surface area (Å²) in [6.07, 6.45) is 0. The predicted molar refractivity (Wildman–Crippen MR) is 321 cm³/mol. The number of hydrogen-bond acceptors (Lipinski definition) is 0. The van der Waals surface area contributed by atoms with Gasteiger partial charge < -0.3 is 9.13 Å². The number of nitrogens with zero attached hydrogens (tertiary/aromatic N) is 2. The highest BCUT2D eigenvalue weighted by molar-refractivity contribution is 8.34. The second-order valence-corrected chi connectivity index (χ2v) is 25.4. The van der Waals surface area contributed by atoms with E-state index in [0.717, 1.165) is 16.9 Å². The van der Waals surface area contributed by atoms with E-state index in [2.05, 4.69) is 325 Å². The van der Waals surface area contributed by atoms with Crippen LogP contribution in [0.3, 0.4) is 0 Å². The Balaban J connectivity index is 1.04. The highest BCUT2D eigenvalue weighted by Crippen LogP contribution is 2.76. The molecule has 0 fully saturated rings. The maximum absolute atomic E-state index is 2.56. The second kappa shape index (κ2) is 19.0. The van der Waals surface area contributed by atoms with Crippen molar-refractivity contribution in [3.8, 4) is 22.5 Å². The van der Waals surface area contributed by atoms with E-state index in [1.54, 1.807) is 0 Å². The highest BCUT2D eigenvalue weighted by Gasteiger charge is 2.37. The molecule has 0 N–H and O–H groups in total. The first-order valence-corrected chi connectivity index (χ1v) is 29.2. The zero-order chi connectivity index (χ0) is 50.5. The van der Waals surface area contributed by atoms with Crippen molar-refractivity contribution >= 4 is 63.7 Å². The first-order chi connectivity index (χ1) is 37.7. The Morgan fingerprint density at radius 1 is 0.224 bits per heavy atom. The zero-order valence-electron chi connectivity index (χ0n) is 41.7. The number of benzene rings is 12. The molecule has 0 bridgehead atoms. The van der Waals surface area contributed by atoms with Crippen molar-refractivity contribution in [2.75, 3.05) is 0 Å². The summed E-state index contributed by atoms with van der Waals surface area (Å²) in [6.45, 7) is 0. The summed E-state index contributed by atoms with van der Waals surface area (Å²) < 4.78 is 5.06. The topological polar surface area (TPSA) is 9.86 Å². The Morgan fingerprint density at radius 3 is 1.14 bits per heavy atom. The summed E-state index contributed by atoms with van der Waals surface area (Å²) in [5.41, 5.74) is 9.36. The van der Waals surface area contributed by atoms with Crippen molar-refractivity contribution in [1.29, 1.82) is 0 Å². The SMILES string of the molecule is c1ccc(-c2cccc(S(c3ccccc3)(c3ccccc3)c3cccc4c3c3ccccc3n4-c3cccc4c3c3ccccc3n4-c3cccc(S(c4ccccc4)(c4ccccc4)c4ccccc4)c3)c2)cc1. The average molecular weight is 1010 g/mol. The van der Waals surface area contributed by atoms with Gasteiger partial charge in [-0.15, -0.1) is 20.1 Å². The molecule has 0 aliphatic heterocycles. The maximum atomic E-state index is 2.56. The molecule has 0 spiro atoms. The molecule has 362 valence electrons. The van der Waals surface area contributed by atoms with Crippen LogP contribution in [-0.4, -0.2) is 9.13 Å². The van der Waals surface area contributed by atoms with Gasteiger partial charge in [-0.05, 0) is 139 Å². The predicted octanol–water partition coefficient (Wildman–Crippen LogP) is 20.2. The molecular formula is C72H52N2S2. The van der Waals surface area contributed by atoms with E-state index in [-0.39, 0.29) is 0 Å². The molecule has 2 heterocycles. The van der Waals surface area contributed by atoms with E-state index in [0.29, 0.717) is 0 Å². The lowest BCUT2D eigenvalue weighted by atomic mass is 10.1. The van der Waals surface area contributed by atoms with Crippen LogP contribution in [0.25, 0.3) is 66.1 Å². The summed E-state index contributed by atoms with van der Waals surface area (Å²) in [4.78, 5) is 10.4. The monoisotopic (exact) mass is 1010 g/mol. The number of hydrogen-bond donors (Lipinski definition) is 0. The molecule has 14 aromatic rings. The van der Waals surface area contributed by atoms with Crippen molar-refractivity contribution < 1.29 is 0 Å². The van der Waals surface area contributed by atoms with E-state index in [1.165, 1.54) is 88.4 Å². The lowest BCUT2D eigenvalue weighted by Gasteiger charge is -2.42. The normalized spacial score (nSPS) is 12.4. The molecule has 0 atom stereocenters. The van der Waals surface area contributed by atoms with Crippen LogP contribution in [0.2, 0.25) is 0 Å². The minimum atomic E-state index is -2.13. The smallest absolute Gasteiger partial charge is 0.0562 e. The van der Waals surface area contributed by atoms with Crippen LogP contribution in [0.15, 0.2) is 355 Å². The Hall–Kier alpha value is -9.06. The van der Waals surface area contributed by atoms with E-state index in [4.69, 9.17) is 0 Å². The third kappa shape index (κ3) is 7.13. The van der Waals surface area contributed by atoms with Crippen LogP contribution >= 0.6 is 20.1 Å². The van der Waals surface area contributed by atoms with E-state index >= 15 is 0 Å². The summed E-state index contributed by atoms with van der Waals surface area (Å²) >= 11 is 0. The van der Waals surface area contributed by atoms with Crippen molar-refractivity contribution in [3.05, 3.63) is 315 Å². The van der Waals surface area contributed by atoms with Gasteiger partial charge in [0.05, 0.1) is 27.8 Å². The van der Waals surface area contributed by atoms with Gasteiger partial charge in [0.2, 0.25) is 0 Å². The number of para-hydroxylation sites is 2. The van der Waals surface area contributed by atoms with E-state index in [9.17, 15) is 0 Å². The highest BCUT2D eigenvalue weighted by atomic mass is 32.3. The van der Waals surface area contributed by atoms with Gasteiger partial charge in [0.25, 0.3) is 0 Å². The van der Waals surface area contributed by atoms with Crippen molar-refractivity contribution in [2.45, 2.75) is 39.2 Å². The van der Waals surface area contributed by atoms with Crippen molar-refractivity contribution in [1.82, 2.24) is 9.13 Å². The van der Waals surface area contributed by atoms with Crippen molar-refractivity contribution in [2.24, 2.45) is 0 Å². The molecule has 0 aliphatic rings. The maximum Gasteiger partial charge on any atom is 0.0562 e. The summed E-state index contributed by atoms with van der Waals surface area (Å²) in [5.74, 6) is 0. The summed E-state index contributed by atoms with van der Waals surface area (Å²) in [5, 5.41) is 4.91. The Bertz CT molecular complexity index is 4240. The van der Waals surface area contributed by atoms with Crippen LogP contribution in [0.1, 0.15) is 0 Å². The van der Waals surface area contributed by atoms with Crippen LogP contribution < -0.4 is 0 Å². The molecule has 0 saturated heterocycles. The number of fused-ring (bicyclic) bond motifs is 6. The standard InChI is InChI=1S/C72H52N2S2/c1-7-27-53(28-8-1)54-29-23-41-61(51-54)76(59-37-15-5-16-38-59,60-39-17-6-18-40-60)70-50-26-49-69-72(70)64-44-20-22-46-66(64)74(69)68-48-25-47-67-71(68)63-43-19-21-45-65(63)73(67)55-30-24-42-62(52-55)75(56-31-9-2-10-32-56,57-33-11-3-12-34-57)58-35-13-4-14-36-58/h1-52H. The van der Waals surface area contributed by atoms with Crippen molar-refractivity contribution in [3.63, 3.8) is 0 Å². The molecule has 0 amide bonds. The lowest BCUT2D eigenvalue weighted by Crippen LogP contribution is -2.06. The molecule has 4 heteroatoms. The molecule has 0 aliphatic carbocycles. The van der Waals surface area contributed by atoms with Gasteiger partial charge in [0, 0.05) is 66.4 Å². The fourth-order valence-corrected chi connectivity index (χ4v) is 20.0. The van der Waals surface area contributed by atoms with Gasteiger partial charge in [0.15, 0.2) is 0 Å². The molecule has 76 heavy (non-hydrogen) atoms. The third-order valence-corrected chi connectivity index (χ3v) is 22.9. The molecule has 2 nitrogen and oxygen atoms in total. The summed E-state index contributed by atoms with van der Waals surface area (Å²) in [7, 11) is -4.06. The molecule has 2 aromatic heterocycles. The molecule has 0 radical (unpaired) electrons. The summed E-state index contributed by atoms with van der Waals surface area (Å²) in [6, 6.07) is 118. The minimum absolute atomic E-state index is 1.13. The van der Waals surface area contributed by atoms with Gasteiger partial charge in [-0.25, -0.2) is 0 Å². The van der Waals surface area contributed by atoms with Crippen LogP contribution in [0.5, 0.6) is 0 Å². The Kier molecular flexibility index (Phi) is 11.4. The Labute approximate surface area is 447 Å². The first kappa shape index (κ1) is 45.5. The molecule has 0 saturated carbocycles. The molecular weight excluding hydrogens is 957 g/mol. The molecule has 12 aromatic carbocycles. The van der Waals surface area contributed by atoms with Crippen LogP contribution in [-0.2, 0) is 0 Å². The quantitative estimate of drug-likeness (QED) is 0.122. The fourth-order valence-electron chi connectivity index (χ4n) is 12.0. The lowest BCUT2D eigenvalue weighted by molar-refractivity contribution is 1.14. The van der Waals surface area contributed by atoms with Crippen LogP contribution in [0.4, 0.5) is 0 Å². The molecule has 0 unspecified atom stereocenters. The second-order valence-electron chi connectivity index (χ2n) is 19.2. The number of rotatable bonds is 11. The van der Waals surface area contributed by atoms with Gasteiger partial charge >= 0.3 is 0 Å². The largest absolute Gasteiger partial charge is 0.309 e. The fraction of sp³-hybridized carbons (Fsp3) is 0. The molecule has 14 rings (SSSR count). The van der Waals surface area contributed by atoms with Gasteiger partial charge in [-0.2, -0.15) is 0 Å². The van der Waals surface area contributed by atoms with Gasteiger partial charge in [0.1, 0.15) is 0 Å². The minimum Gasteiger partial charge on any atom is -0.309 e. The van der Waals surface area contributed by atoms with E-state index < -0.39 is 20.1 Å². The first-order valence-electron chi connectivity index (χ1n) is 26.0. The Morgan fingerprint density at radius 2 is 0.592 bits per heavy atom. The van der Waals surface area contributed by atoms with Crippen LogP contribution in [0, 0.1) is 0 Å². The van der Waals surface area contributed by atoms with Gasteiger partial charge in [-0.3, -0.25) is 0 Å². The third-order valence-electron chi connectivity index (χ3n) is 15.1. The zero-order valence-corrected chi connectivity index (χ0v) is 43.4. The van der Waals surface area contributed by atoms with E-state index in [1.807, 2.05) is 0 Å². The number of aromatic nitrogens is 2. The van der Waals surface area contributed by atoms with Gasteiger partial charge in [-0.1, -0.05) is 188 Å².